The van der Waals surface area contributed by atoms with Gasteiger partial charge in [0.05, 0.1) is 12.0 Å². The van der Waals surface area contributed by atoms with Crippen molar-refractivity contribution in [2.24, 2.45) is 5.92 Å². The predicted molar refractivity (Wildman–Crippen MR) is 69.6 cm³/mol. The SMILES string of the molecule is O=C(O)C1CCC(=O)N(C2CCc3ccccc32)C1. The number of piperidine rings is 1. The molecular weight excluding hydrogens is 242 g/mol. The Hall–Kier alpha value is -1.84. The molecule has 2 aliphatic rings. The highest BCUT2D eigenvalue weighted by atomic mass is 16.4. The molecule has 1 aromatic carbocycles. The number of aliphatic carboxylic acids is 1. The van der Waals surface area contributed by atoms with Crippen molar-refractivity contribution in [1.82, 2.24) is 4.90 Å². The largest absolute Gasteiger partial charge is 0.481 e. The van der Waals surface area contributed by atoms with Crippen LogP contribution in [-0.4, -0.2) is 28.4 Å². The molecule has 2 unspecified atom stereocenters. The number of benzene rings is 1. The summed E-state index contributed by atoms with van der Waals surface area (Å²) in [6.45, 7) is 0.354. The van der Waals surface area contributed by atoms with Gasteiger partial charge in [-0.15, -0.1) is 0 Å². The van der Waals surface area contributed by atoms with Crippen LogP contribution in [0.5, 0.6) is 0 Å². The number of rotatable bonds is 2. The zero-order chi connectivity index (χ0) is 13.4. The van der Waals surface area contributed by atoms with E-state index in [1.807, 2.05) is 12.1 Å². The molecule has 3 rings (SSSR count). The summed E-state index contributed by atoms with van der Waals surface area (Å²) in [7, 11) is 0. The molecule has 100 valence electrons. The fourth-order valence-corrected chi connectivity index (χ4v) is 3.23. The summed E-state index contributed by atoms with van der Waals surface area (Å²) in [4.78, 5) is 25.0. The van der Waals surface area contributed by atoms with Crippen LogP contribution in [-0.2, 0) is 16.0 Å². The average Bonchev–Trinajstić information content (AvgIpc) is 2.83. The van der Waals surface area contributed by atoms with Crippen LogP contribution in [0.4, 0.5) is 0 Å². The lowest BCUT2D eigenvalue weighted by Crippen LogP contribution is -2.44. The van der Waals surface area contributed by atoms with Crippen LogP contribution in [0.25, 0.3) is 0 Å². The Labute approximate surface area is 112 Å². The number of fused-ring (bicyclic) bond motifs is 1. The summed E-state index contributed by atoms with van der Waals surface area (Å²) in [5.74, 6) is -1.10. The normalized spacial score (nSPS) is 26.3. The molecule has 1 aromatic rings. The average molecular weight is 259 g/mol. The second kappa shape index (κ2) is 4.68. The fourth-order valence-electron chi connectivity index (χ4n) is 3.23. The Morgan fingerprint density at radius 1 is 1.21 bits per heavy atom. The van der Waals surface area contributed by atoms with Gasteiger partial charge in [0.15, 0.2) is 0 Å². The van der Waals surface area contributed by atoms with Gasteiger partial charge in [0.25, 0.3) is 0 Å². The van der Waals surface area contributed by atoms with Gasteiger partial charge in [0.1, 0.15) is 0 Å². The minimum atomic E-state index is -0.788. The Morgan fingerprint density at radius 2 is 2.00 bits per heavy atom. The first kappa shape index (κ1) is 12.2. The van der Waals surface area contributed by atoms with Gasteiger partial charge in [-0.25, -0.2) is 0 Å². The van der Waals surface area contributed by atoms with Crippen molar-refractivity contribution in [2.45, 2.75) is 31.7 Å². The Bertz CT molecular complexity index is 526. The monoisotopic (exact) mass is 259 g/mol. The van der Waals surface area contributed by atoms with E-state index in [-0.39, 0.29) is 11.9 Å². The van der Waals surface area contributed by atoms with Crippen LogP contribution in [0.2, 0.25) is 0 Å². The molecule has 0 spiro atoms. The van der Waals surface area contributed by atoms with Crippen LogP contribution < -0.4 is 0 Å². The summed E-state index contributed by atoms with van der Waals surface area (Å²) in [6, 6.07) is 8.23. The number of nitrogens with zero attached hydrogens (tertiary/aromatic N) is 1. The van der Waals surface area contributed by atoms with Crippen molar-refractivity contribution in [1.29, 1.82) is 0 Å². The molecule has 1 N–H and O–H groups in total. The summed E-state index contributed by atoms with van der Waals surface area (Å²) < 4.78 is 0. The summed E-state index contributed by atoms with van der Waals surface area (Å²) in [5, 5.41) is 9.14. The van der Waals surface area contributed by atoms with E-state index in [0.29, 0.717) is 19.4 Å². The maximum Gasteiger partial charge on any atom is 0.308 e. The molecule has 1 amide bonds. The van der Waals surface area contributed by atoms with Crippen LogP contribution in [0, 0.1) is 5.92 Å². The fraction of sp³-hybridized carbons (Fsp3) is 0.467. The second-order valence-corrected chi connectivity index (χ2v) is 5.37. The molecule has 0 bridgehead atoms. The lowest BCUT2D eigenvalue weighted by atomic mass is 9.95. The molecule has 4 nitrogen and oxygen atoms in total. The second-order valence-electron chi connectivity index (χ2n) is 5.37. The number of carbonyl (C=O) groups is 2. The van der Waals surface area contributed by atoms with Crippen LogP contribution in [0.1, 0.15) is 36.4 Å². The third-order valence-electron chi connectivity index (χ3n) is 4.27. The van der Waals surface area contributed by atoms with E-state index in [4.69, 9.17) is 5.11 Å². The summed E-state index contributed by atoms with van der Waals surface area (Å²) in [6.07, 6.45) is 2.72. The molecule has 0 radical (unpaired) electrons. The summed E-state index contributed by atoms with van der Waals surface area (Å²) in [5.41, 5.74) is 2.49. The maximum atomic E-state index is 12.1. The molecule has 1 fully saturated rings. The number of hydrogen-bond acceptors (Lipinski definition) is 2. The van der Waals surface area contributed by atoms with E-state index in [1.54, 1.807) is 4.90 Å². The third-order valence-corrected chi connectivity index (χ3v) is 4.27. The number of carboxylic acids is 1. The minimum Gasteiger partial charge on any atom is -0.481 e. The molecule has 1 aliphatic carbocycles. The molecule has 1 aliphatic heterocycles. The van der Waals surface area contributed by atoms with E-state index < -0.39 is 11.9 Å². The van der Waals surface area contributed by atoms with E-state index in [2.05, 4.69) is 12.1 Å². The molecular formula is C15H17NO3. The van der Waals surface area contributed by atoms with Crippen molar-refractivity contribution in [3.05, 3.63) is 35.4 Å². The number of aryl methyl sites for hydroxylation is 1. The van der Waals surface area contributed by atoms with Gasteiger partial charge in [-0.1, -0.05) is 24.3 Å². The van der Waals surface area contributed by atoms with Crippen molar-refractivity contribution < 1.29 is 14.7 Å². The number of amides is 1. The minimum absolute atomic E-state index is 0.0749. The van der Waals surface area contributed by atoms with Crippen molar-refractivity contribution in [3.8, 4) is 0 Å². The number of hydrogen-bond donors (Lipinski definition) is 1. The van der Waals surface area contributed by atoms with Gasteiger partial charge in [0, 0.05) is 13.0 Å². The number of carboxylic acid groups (broad SMARTS) is 1. The van der Waals surface area contributed by atoms with E-state index in [0.717, 1.165) is 12.8 Å². The zero-order valence-corrected chi connectivity index (χ0v) is 10.7. The van der Waals surface area contributed by atoms with Crippen LogP contribution in [0.15, 0.2) is 24.3 Å². The zero-order valence-electron chi connectivity index (χ0n) is 10.7. The van der Waals surface area contributed by atoms with Gasteiger partial charge in [-0.3, -0.25) is 9.59 Å². The van der Waals surface area contributed by atoms with E-state index in [1.165, 1.54) is 11.1 Å². The first-order chi connectivity index (χ1) is 9.16. The number of likely N-dealkylation sites (tertiary alicyclic amines) is 1. The Morgan fingerprint density at radius 3 is 2.79 bits per heavy atom. The topological polar surface area (TPSA) is 57.6 Å². The Balaban J connectivity index is 1.85. The van der Waals surface area contributed by atoms with Gasteiger partial charge in [0.2, 0.25) is 5.91 Å². The quantitative estimate of drug-likeness (QED) is 0.883. The van der Waals surface area contributed by atoms with Crippen molar-refractivity contribution in [3.63, 3.8) is 0 Å². The van der Waals surface area contributed by atoms with E-state index in [9.17, 15) is 9.59 Å². The third kappa shape index (κ3) is 2.11. The highest BCUT2D eigenvalue weighted by Crippen LogP contribution is 2.38. The standard InChI is InChI=1S/C15H17NO3/c17-14-8-6-11(15(18)19)9-16(14)13-7-5-10-3-1-2-4-12(10)13/h1-4,11,13H,5-9H2,(H,18,19). The molecule has 1 saturated heterocycles. The first-order valence-electron chi connectivity index (χ1n) is 6.77. The molecule has 0 aromatic heterocycles. The smallest absolute Gasteiger partial charge is 0.308 e. The Kier molecular flexibility index (Phi) is 3.01. The first-order valence-corrected chi connectivity index (χ1v) is 6.77. The molecule has 2 atom stereocenters. The van der Waals surface area contributed by atoms with Crippen LogP contribution >= 0.6 is 0 Å². The lowest BCUT2D eigenvalue weighted by Gasteiger charge is -2.35. The van der Waals surface area contributed by atoms with Gasteiger partial charge in [-0.2, -0.15) is 0 Å². The highest BCUT2D eigenvalue weighted by molar-refractivity contribution is 5.81. The molecule has 4 heteroatoms. The molecule has 19 heavy (non-hydrogen) atoms. The summed E-state index contributed by atoms with van der Waals surface area (Å²) >= 11 is 0. The van der Waals surface area contributed by atoms with Gasteiger partial charge in [-0.05, 0) is 30.4 Å². The van der Waals surface area contributed by atoms with Crippen molar-refractivity contribution >= 4 is 11.9 Å². The van der Waals surface area contributed by atoms with Gasteiger partial charge >= 0.3 is 5.97 Å². The predicted octanol–water partition coefficient (Wildman–Crippen LogP) is 2.00. The lowest BCUT2D eigenvalue weighted by molar-refractivity contribution is -0.148. The number of carbonyl (C=O) groups excluding carboxylic acids is 1. The van der Waals surface area contributed by atoms with Crippen LogP contribution in [0.3, 0.4) is 0 Å². The highest BCUT2D eigenvalue weighted by Gasteiger charge is 2.37. The maximum absolute atomic E-state index is 12.1. The van der Waals surface area contributed by atoms with Gasteiger partial charge < -0.3 is 10.0 Å². The van der Waals surface area contributed by atoms with E-state index >= 15 is 0 Å². The molecule has 1 heterocycles. The van der Waals surface area contributed by atoms with Crippen molar-refractivity contribution in [2.75, 3.05) is 6.54 Å². The molecule has 0 saturated carbocycles.